The van der Waals surface area contributed by atoms with Crippen LogP contribution in [-0.4, -0.2) is 31.5 Å². The Kier molecular flexibility index (Phi) is 6.54. The summed E-state index contributed by atoms with van der Waals surface area (Å²) in [7, 11) is 0. The number of carbonyl (C=O) groups is 2. The standard InChI is InChI=1S/C23H25NO5/c1-4-27-22-11-16(6-9-21(22)28-13-15(2)3)5-8-19(25)17-7-10-20-18(12-17)24-23(26)14-29-20/h5-12,15H,4,13-14H2,1-3H3,(H,24,26)/b8-5+. The van der Waals surface area contributed by atoms with Crippen molar-refractivity contribution in [3.63, 3.8) is 0 Å². The van der Waals surface area contributed by atoms with E-state index < -0.39 is 0 Å². The van der Waals surface area contributed by atoms with Crippen LogP contribution in [0.1, 0.15) is 36.7 Å². The molecule has 3 rings (SSSR count). The van der Waals surface area contributed by atoms with Gasteiger partial charge in [0.2, 0.25) is 0 Å². The average molecular weight is 395 g/mol. The van der Waals surface area contributed by atoms with Crippen molar-refractivity contribution in [3.8, 4) is 17.2 Å². The zero-order valence-corrected chi connectivity index (χ0v) is 16.9. The second-order valence-electron chi connectivity index (χ2n) is 7.09. The Morgan fingerprint density at radius 2 is 2.00 bits per heavy atom. The molecule has 0 saturated carbocycles. The van der Waals surface area contributed by atoms with Crippen molar-refractivity contribution < 1.29 is 23.8 Å². The van der Waals surface area contributed by atoms with Gasteiger partial charge in [0.25, 0.3) is 5.91 Å². The van der Waals surface area contributed by atoms with E-state index in [0.29, 0.717) is 47.6 Å². The molecule has 0 bridgehead atoms. The molecule has 0 aliphatic carbocycles. The highest BCUT2D eigenvalue weighted by Crippen LogP contribution is 2.30. The number of carbonyl (C=O) groups excluding carboxylic acids is 2. The summed E-state index contributed by atoms with van der Waals surface area (Å²) >= 11 is 0. The van der Waals surface area contributed by atoms with Gasteiger partial charge in [-0.2, -0.15) is 0 Å². The third kappa shape index (κ3) is 5.38. The van der Waals surface area contributed by atoms with Crippen LogP contribution in [0.4, 0.5) is 5.69 Å². The summed E-state index contributed by atoms with van der Waals surface area (Å²) < 4.78 is 16.8. The van der Waals surface area contributed by atoms with Gasteiger partial charge in [-0.25, -0.2) is 0 Å². The molecule has 1 N–H and O–H groups in total. The van der Waals surface area contributed by atoms with Gasteiger partial charge in [-0.1, -0.05) is 26.0 Å². The van der Waals surface area contributed by atoms with E-state index >= 15 is 0 Å². The van der Waals surface area contributed by atoms with Crippen molar-refractivity contribution in [1.29, 1.82) is 0 Å². The van der Waals surface area contributed by atoms with Gasteiger partial charge in [0.05, 0.1) is 18.9 Å². The molecule has 1 aliphatic rings. The Hall–Kier alpha value is -3.28. The molecule has 1 aliphatic heterocycles. The zero-order chi connectivity index (χ0) is 20.8. The number of amides is 1. The third-order valence-corrected chi connectivity index (χ3v) is 4.16. The maximum atomic E-state index is 12.5. The highest BCUT2D eigenvalue weighted by atomic mass is 16.5. The lowest BCUT2D eigenvalue weighted by atomic mass is 10.1. The Morgan fingerprint density at radius 3 is 2.76 bits per heavy atom. The molecule has 6 heteroatoms. The quantitative estimate of drug-likeness (QED) is 0.531. The lowest BCUT2D eigenvalue weighted by Gasteiger charge is -2.18. The van der Waals surface area contributed by atoms with Crippen LogP contribution in [0.15, 0.2) is 42.5 Å². The van der Waals surface area contributed by atoms with Gasteiger partial charge in [0.15, 0.2) is 23.9 Å². The Balaban J connectivity index is 1.75. The zero-order valence-electron chi connectivity index (χ0n) is 16.9. The Bertz CT molecular complexity index is 933. The molecule has 1 amide bonds. The number of hydrogen-bond acceptors (Lipinski definition) is 5. The van der Waals surface area contributed by atoms with E-state index in [9.17, 15) is 9.59 Å². The van der Waals surface area contributed by atoms with Crippen LogP contribution in [0.2, 0.25) is 0 Å². The van der Waals surface area contributed by atoms with Crippen LogP contribution in [0.5, 0.6) is 17.2 Å². The van der Waals surface area contributed by atoms with Crippen LogP contribution in [0.3, 0.4) is 0 Å². The third-order valence-electron chi connectivity index (χ3n) is 4.16. The lowest BCUT2D eigenvalue weighted by Crippen LogP contribution is -2.25. The molecule has 0 saturated heterocycles. The van der Waals surface area contributed by atoms with E-state index in [2.05, 4.69) is 19.2 Å². The van der Waals surface area contributed by atoms with Gasteiger partial charge in [-0.15, -0.1) is 0 Å². The van der Waals surface area contributed by atoms with Gasteiger partial charge in [-0.3, -0.25) is 9.59 Å². The summed E-state index contributed by atoms with van der Waals surface area (Å²) in [5.41, 5.74) is 1.80. The number of fused-ring (bicyclic) bond motifs is 1. The number of benzene rings is 2. The fourth-order valence-electron chi connectivity index (χ4n) is 2.78. The van der Waals surface area contributed by atoms with Crippen molar-refractivity contribution in [1.82, 2.24) is 0 Å². The summed E-state index contributed by atoms with van der Waals surface area (Å²) in [5.74, 6) is 1.90. The molecule has 0 fully saturated rings. The van der Waals surface area contributed by atoms with Gasteiger partial charge in [-0.05, 0) is 54.8 Å². The smallest absolute Gasteiger partial charge is 0.262 e. The van der Waals surface area contributed by atoms with E-state index in [4.69, 9.17) is 14.2 Å². The number of hydrogen-bond donors (Lipinski definition) is 1. The summed E-state index contributed by atoms with van der Waals surface area (Å²) in [5, 5.41) is 2.71. The molecular weight excluding hydrogens is 370 g/mol. The minimum atomic E-state index is -0.235. The van der Waals surface area contributed by atoms with Gasteiger partial charge >= 0.3 is 0 Å². The Labute approximate surface area is 170 Å². The van der Waals surface area contributed by atoms with Gasteiger partial charge < -0.3 is 19.5 Å². The maximum absolute atomic E-state index is 12.5. The van der Waals surface area contributed by atoms with E-state index in [1.54, 1.807) is 24.3 Å². The molecule has 2 aromatic carbocycles. The molecule has 0 atom stereocenters. The van der Waals surface area contributed by atoms with Crippen molar-refractivity contribution in [2.45, 2.75) is 20.8 Å². The largest absolute Gasteiger partial charge is 0.490 e. The SMILES string of the molecule is CCOc1cc(/C=C/C(=O)c2ccc3c(c2)NC(=O)CO3)ccc1OCC(C)C. The molecule has 0 aromatic heterocycles. The van der Waals surface area contributed by atoms with Crippen molar-refractivity contribution in [2.75, 3.05) is 25.1 Å². The molecule has 2 aromatic rings. The lowest BCUT2D eigenvalue weighted by molar-refractivity contribution is -0.118. The molecule has 1 heterocycles. The monoisotopic (exact) mass is 395 g/mol. The maximum Gasteiger partial charge on any atom is 0.262 e. The summed E-state index contributed by atoms with van der Waals surface area (Å²) in [6.07, 6.45) is 3.22. The minimum Gasteiger partial charge on any atom is -0.490 e. The predicted molar refractivity (Wildman–Crippen MR) is 112 cm³/mol. The number of allylic oxidation sites excluding steroid dienone is 1. The highest BCUT2D eigenvalue weighted by Gasteiger charge is 2.17. The van der Waals surface area contributed by atoms with E-state index in [1.807, 2.05) is 25.1 Å². The molecule has 0 radical (unpaired) electrons. The average Bonchev–Trinajstić information content (AvgIpc) is 2.70. The van der Waals surface area contributed by atoms with E-state index in [-0.39, 0.29) is 18.3 Å². The molecule has 0 spiro atoms. The number of anilines is 1. The number of ether oxygens (including phenoxy) is 3. The molecular formula is C23H25NO5. The fraction of sp³-hybridized carbons (Fsp3) is 0.304. The summed E-state index contributed by atoms with van der Waals surface area (Å²) in [6, 6.07) is 10.6. The van der Waals surface area contributed by atoms with Gasteiger partial charge in [0, 0.05) is 5.56 Å². The van der Waals surface area contributed by atoms with Gasteiger partial charge in [0.1, 0.15) is 5.75 Å². The number of ketones is 1. The fourth-order valence-corrected chi connectivity index (χ4v) is 2.78. The van der Waals surface area contributed by atoms with Crippen molar-refractivity contribution >= 4 is 23.5 Å². The normalized spacial score (nSPS) is 13.0. The van der Waals surface area contributed by atoms with Crippen LogP contribution in [0.25, 0.3) is 6.08 Å². The van der Waals surface area contributed by atoms with Crippen molar-refractivity contribution in [2.24, 2.45) is 5.92 Å². The predicted octanol–water partition coefficient (Wildman–Crippen LogP) is 4.35. The number of nitrogens with one attached hydrogen (secondary N) is 1. The van der Waals surface area contributed by atoms with Crippen LogP contribution >= 0.6 is 0 Å². The second-order valence-corrected chi connectivity index (χ2v) is 7.09. The first-order valence-electron chi connectivity index (χ1n) is 9.65. The summed E-state index contributed by atoms with van der Waals surface area (Å²) in [4.78, 5) is 24.0. The topological polar surface area (TPSA) is 73.9 Å². The van der Waals surface area contributed by atoms with Crippen molar-refractivity contribution in [3.05, 3.63) is 53.6 Å². The molecule has 29 heavy (non-hydrogen) atoms. The molecule has 152 valence electrons. The van der Waals surface area contributed by atoms with Crippen LogP contribution < -0.4 is 19.5 Å². The number of rotatable bonds is 8. The van der Waals surface area contributed by atoms with Crippen LogP contribution in [-0.2, 0) is 4.79 Å². The second kappa shape index (κ2) is 9.28. The highest BCUT2D eigenvalue weighted by molar-refractivity contribution is 6.08. The molecule has 0 unspecified atom stereocenters. The first kappa shape index (κ1) is 20.5. The minimum absolute atomic E-state index is 0.0146. The van der Waals surface area contributed by atoms with E-state index in [1.165, 1.54) is 6.08 Å². The Morgan fingerprint density at radius 1 is 1.17 bits per heavy atom. The summed E-state index contributed by atoms with van der Waals surface area (Å²) in [6.45, 7) is 7.19. The first-order chi connectivity index (χ1) is 14.0. The molecule has 6 nitrogen and oxygen atoms in total. The van der Waals surface area contributed by atoms with E-state index in [0.717, 1.165) is 5.56 Å². The van der Waals surface area contributed by atoms with Crippen LogP contribution in [0, 0.1) is 5.92 Å². The first-order valence-corrected chi connectivity index (χ1v) is 9.65.